The van der Waals surface area contributed by atoms with Crippen molar-refractivity contribution >= 4 is 55.9 Å². The number of aromatic nitrogens is 2. The van der Waals surface area contributed by atoms with Gasteiger partial charge in [0, 0.05) is 23.1 Å². The first kappa shape index (κ1) is 42.8. The summed E-state index contributed by atoms with van der Waals surface area (Å²) in [5.74, 6) is -0.582. The molecule has 3 aromatic heterocycles. The standard InChI is InChI=1S/C46H56N6O10S/c1-26-32(23-36(59-26)45(2,3)4)39-48-37-31-17-12-13-19-35(31)62-38(37)41(49-39)60-29-22-34-40(53)50-46(43(55)51-63(57,58)30-20-21-30)24-27(46)14-8-6-5-7-9-18-33(42(54)52(34)25-29)47-44(56)61-28-15-10-11-16-28/h8,12-14,17,19,23,27-30,33-34H,5-7,9-11,15-16,18,20-22,24-25H2,1-4H3,(H,47,56)(H,50,53)(H,51,55)/b14-8-/t27-,29+,33-,34-,46+/m0/s1. The Labute approximate surface area is 366 Å². The number of furan rings is 2. The molecule has 3 aliphatic carbocycles. The van der Waals surface area contributed by atoms with E-state index in [0.717, 1.165) is 49.7 Å². The van der Waals surface area contributed by atoms with Gasteiger partial charge in [-0.1, -0.05) is 57.9 Å². The molecular formula is C46H56N6O10S. The number of nitrogens with zero attached hydrogens (tertiary/aromatic N) is 3. The normalized spacial score (nSPS) is 26.6. The number of amides is 4. The van der Waals surface area contributed by atoms with Crippen LogP contribution in [0.2, 0.25) is 0 Å². The average Bonchev–Trinajstić information content (AvgIpc) is 3.94. The molecule has 2 aliphatic heterocycles. The van der Waals surface area contributed by atoms with E-state index in [1.54, 1.807) is 0 Å². The fraction of sp³-hybridized carbons (Fsp3) is 0.565. The van der Waals surface area contributed by atoms with Crippen molar-refractivity contribution in [2.24, 2.45) is 5.92 Å². The van der Waals surface area contributed by atoms with E-state index in [1.165, 1.54) is 4.90 Å². The van der Waals surface area contributed by atoms with Gasteiger partial charge in [-0.3, -0.25) is 19.1 Å². The Kier molecular flexibility index (Phi) is 11.3. The molecule has 4 fully saturated rings. The molecule has 5 atom stereocenters. The second-order valence-corrected chi connectivity index (χ2v) is 20.9. The van der Waals surface area contributed by atoms with E-state index in [2.05, 4.69) is 36.1 Å². The Morgan fingerprint density at radius 1 is 0.968 bits per heavy atom. The van der Waals surface area contributed by atoms with Crippen molar-refractivity contribution in [3.63, 3.8) is 0 Å². The zero-order valence-corrected chi connectivity index (χ0v) is 37.1. The molecule has 0 bridgehead atoms. The monoisotopic (exact) mass is 884 g/mol. The molecule has 1 saturated heterocycles. The summed E-state index contributed by atoms with van der Waals surface area (Å²) in [4.78, 5) is 68.0. The third-order valence-electron chi connectivity index (χ3n) is 13.1. The maximum absolute atomic E-state index is 14.8. The summed E-state index contributed by atoms with van der Waals surface area (Å²) in [7, 11) is -3.93. The van der Waals surface area contributed by atoms with Crippen molar-refractivity contribution in [1.29, 1.82) is 0 Å². The number of hydrogen-bond acceptors (Lipinski definition) is 12. The van der Waals surface area contributed by atoms with Crippen molar-refractivity contribution in [3.8, 4) is 17.3 Å². The maximum atomic E-state index is 14.8. The number of ether oxygens (including phenoxy) is 2. The number of nitrogens with one attached hydrogen (secondary N) is 3. The third-order valence-corrected chi connectivity index (χ3v) is 14.9. The highest BCUT2D eigenvalue weighted by Crippen LogP contribution is 2.46. The fourth-order valence-electron chi connectivity index (χ4n) is 9.18. The van der Waals surface area contributed by atoms with Crippen LogP contribution in [-0.2, 0) is 34.6 Å². The van der Waals surface area contributed by atoms with Crippen molar-refractivity contribution in [1.82, 2.24) is 30.2 Å². The predicted octanol–water partition coefficient (Wildman–Crippen LogP) is 6.63. The van der Waals surface area contributed by atoms with Crippen molar-refractivity contribution in [2.75, 3.05) is 6.54 Å². The van der Waals surface area contributed by atoms with Gasteiger partial charge in [0.25, 0.3) is 11.8 Å². The first-order valence-electron chi connectivity index (χ1n) is 22.4. The number of para-hydroxylation sites is 1. The SMILES string of the molecule is Cc1oc(C(C)(C)C)cc1-c1nc(O[C@@H]2C[C@H]3C(=O)N[C@]4(C(=O)NS(=O)(=O)C5CC5)C[C@@H]4/C=C\CCCCC[C@H](NC(=O)OC4CCCC4)C(=O)N3C2)c2oc3ccccc3c2n1. The Morgan fingerprint density at radius 2 is 1.73 bits per heavy atom. The lowest BCUT2D eigenvalue weighted by Crippen LogP contribution is -2.58. The number of hydrogen-bond donors (Lipinski definition) is 3. The van der Waals surface area contributed by atoms with Crippen LogP contribution in [-0.4, -0.2) is 88.7 Å². The van der Waals surface area contributed by atoms with E-state index < -0.39 is 68.7 Å². The molecule has 336 valence electrons. The lowest BCUT2D eigenvalue weighted by molar-refractivity contribution is -0.141. The molecule has 17 heteroatoms. The van der Waals surface area contributed by atoms with Crippen LogP contribution in [0.1, 0.15) is 116 Å². The fourth-order valence-corrected chi connectivity index (χ4v) is 10.5. The van der Waals surface area contributed by atoms with E-state index in [4.69, 9.17) is 28.3 Å². The molecule has 4 aromatic rings. The van der Waals surface area contributed by atoms with Gasteiger partial charge in [-0.25, -0.2) is 18.2 Å². The topological polar surface area (TPSA) is 212 Å². The van der Waals surface area contributed by atoms with Crippen molar-refractivity contribution in [2.45, 2.75) is 152 Å². The second-order valence-electron chi connectivity index (χ2n) is 19.0. The molecule has 1 aromatic carbocycles. The van der Waals surface area contributed by atoms with Crippen LogP contribution in [0.15, 0.2) is 51.3 Å². The number of benzene rings is 1. The Balaban J connectivity index is 1.06. The Hall–Kier alpha value is -5.45. The minimum Gasteiger partial charge on any atom is -0.470 e. The highest BCUT2D eigenvalue weighted by molar-refractivity contribution is 7.91. The summed E-state index contributed by atoms with van der Waals surface area (Å²) >= 11 is 0. The number of allylic oxidation sites excluding steroid dienone is 1. The number of alkyl carbamates (subject to hydrolysis) is 1. The van der Waals surface area contributed by atoms with Gasteiger partial charge in [-0.2, -0.15) is 4.98 Å². The van der Waals surface area contributed by atoms with E-state index in [-0.39, 0.29) is 42.4 Å². The first-order chi connectivity index (χ1) is 30.1. The Morgan fingerprint density at radius 3 is 2.48 bits per heavy atom. The molecule has 3 N–H and O–H groups in total. The maximum Gasteiger partial charge on any atom is 0.408 e. The molecule has 63 heavy (non-hydrogen) atoms. The van der Waals surface area contributed by atoms with Gasteiger partial charge in [0.1, 0.15) is 52.5 Å². The molecule has 0 unspecified atom stereocenters. The highest BCUT2D eigenvalue weighted by Gasteiger charge is 2.62. The summed E-state index contributed by atoms with van der Waals surface area (Å²) in [5.41, 5.74) is 0.203. The highest BCUT2D eigenvalue weighted by atomic mass is 32.2. The van der Waals surface area contributed by atoms with Crippen molar-refractivity contribution in [3.05, 3.63) is 54.0 Å². The quantitative estimate of drug-likeness (QED) is 0.159. The zero-order chi connectivity index (χ0) is 44.3. The molecule has 9 rings (SSSR count). The molecule has 5 heterocycles. The third kappa shape index (κ3) is 8.77. The molecular weight excluding hydrogens is 829 g/mol. The number of aryl methyl sites for hydroxylation is 1. The molecule has 0 radical (unpaired) electrons. The van der Waals surface area contributed by atoms with Gasteiger partial charge in [0.2, 0.25) is 27.4 Å². The Bertz CT molecular complexity index is 2590. The molecule has 16 nitrogen and oxygen atoms in total. The molecule has 5 aliphatic rings. The number of rotatable bonds is 8. The largest absolute Gasteiger partial charge is 0.470 e. The minimum absolute atomic E-state index is 0.0185. The average molecular weight is 885 g/mol. The van der Waals surface area contributed by atoms with Gasteiger partial charge in [0.15, 0.2) is 5.82 Å². The van der Waals surface area contributed by atoms with Gasteiger partial charge < -0.3 is 33.8 Å². The smallest absolute Gasteiger partial charge is 0.408 e. The lowest BCUT2D eigenvalue weighted by Gasteiger charge is -2.30. The van der Waals surface area contributed by atoms with E-state index in [9.17, 15) is 27.6 Å². The van der Waals surface area contributed by atoms with Gasteiger partial charge >= 0.3 is 6.09 Å². The summed E-state index contributed by atoms with van der Waals surface area (Å²) in [5, 5.41) is 5.84. The summed E-state index contributed by atoms with van der Waals surface area (Å²) in [6.07, 6.45) is 9.77. The molecule has 4 amide bonds. The lowest BCUT2D eigenvalue weighted by atomic mass is 9.93. The van der Waals surface area contributed by atoms with Crippen LogP contribution in [0.4, 0.5) is 4.79 Å². The number of carbonyl (C=O) groups excluding carboxylic acids is 4. The first-order valence-corrected chi connectivity index (χ1v) is 23.9. The van der Waals surface area contributed by atoms with E-state index in [1.807, 2.05) is 49.4 Å². The van der Waals surface area contributed by atoms with Gasteiger partial charge in [0.05, 0.1) is 17.4 Å². The van der Waals surface area contributed by atoms with Gasteiger partial charge in [-0.05, 0) is 89.3 Å². The number of fused-ring (bicyclic) bond motifs is 5. The van der Waals surface area contributed by atoms with Crippen LogP contribution >= 0.6 is 0 Å². The number of sulfonamides is 1. The van der Waals surface area contributed by atoms with E-state index >= 15 is 0 Å². The van der Waals surface area contributed by atoms with Crippen LogP contribution in [0, 0.1) is 12.8 Å². The second kappa shape index (κ2) is 16.6. The summed E-state index contributed by atoms with van der Waals surface area (Å²) < 4.78 is 53.2. The summed E-state index contributed by atoms with van der Waals surface area (Å²) in [6, 6.07) is 7.19. The van der Waals surface area contributed by atoms with Crippen LogP contribution in [0.3, 0.4) is 0 Å². The van der Waals surface area contributed by atoms with Crippen molar-refractivity contribution < 1.29 is 45.9 Å². The van der Waals surface area contributed by atoms with Crippen LogP contribution < -0.4 is 20.1 Å². The minimum atomic E-state index is -3.93. The predicted molar refractivity (Wildman–Crippen MR) is 232 cm³/mol. The van der Waals surface area contributed by atoms with Crippen LogP contribution in [0.5, 0.6) is 5.88 Å². The van der Waals surface area contributed by atoms with E-state index in [0.29, 0.717) is 60.4 Å². The summed E-state index contributed by atoms with van der Waals surface area (Å²) in [6.45, 7) is 7.92. The van der Waals surface area contributed by atoms with Gasteiger partial charge in [-0.15, -0.1) is 0 Å². The van der Waals surface area contributed by atoms with Crippen LogP contribution in [0.25, 0.3) is 33.5 Å². The molecule has 0 spiro atoms. The number of carbonyl (C=O) groups is 4. The zero-order valence-electron chi connectivity index (χ0n) is 36.2. The molecule has 3 saturated carbocycles.